The van der Waals surface area contributed by atoms with Gasteiger partial charge < -0.3 is 0 Å². The topological polar surface area (TPSA) is 34.9 Å². The Labute approximate surface area is 102 Å². The Balaban J connectivity index is 2.18. The predicted octanol–water partition coefficient (Wildman–Crippen LogP) is 2.84. The molecule has 16 heavy (non-hydrogen) atoms. The maximum absolute atomic E-state index is 11.9. The third-order valence-corrected chi connectivity index (χ3v) is 2.86. The van der Waals surface area contributed by atoms with Crippen molar-refractivity contribution in [2.75, 3.05) is 0 Å². The lowest BCUT2D eigenvalue weighted by molar-refractivity contribution is 0.0966. The molecule has 2 aromatic rings. The lowest BCUT2D eigenvalue weighted by Gasteiger charge is -2.04. The molecule has 0 radical (unpaired) electrons. The third kappa shape index (κ3) is 2.39. The number of Topliss-reactive ketones (excluding diaryl/α,β-unsaturated/α-hetero) is 1. The standard InChI is InChI=1S/C12H11BrN2O/c1-9-5-6-14-15(9)8-12(16)10-3-2-4-11(13)7-10/h2-7H,8H2,1H3. The summed E-state index contributed by atoms with van der Waals surface area (Å²) in [4.78, 5) is 11.9. The Morgan fingerprint density at radius 2 is 2.25 bits per heavy atom. The first-order valence-corrected chi connectivity index (χ1v) is 5.73. The molecule has 0 spiro atoms. The van der Waals surface area contributed by atoms with E-state index in [9.17, 15) is 4.79 Å². The summed E-state index contributed by atoms with van der Waals surface area (Å²) in [6, 6.07) is 9.27. The van der Waals surface area contributed by atoms with Gasteiger partial charge >= 0.3 is 0 Å². The van der Waals surface area contributed by atoms with Crippen LogP contribution in [0.25, 0.3) is 0 Å². The number of benzene rings is 1. The number of carbonyl (C=O) groups is 1. The van der Waals surface area contributed by atoms with Crippen molar-refractivity contribution in [3.8, 4) is 0 Å². The summed E-state index contributed by atoms with van der Waals surface area (Å²) in [6.45, 7) is 2.22. The molecule has 0 N–H and O–H groups in total. The molecule has 1 aromatic carbocycles. The van der Waals surface area contributed by atoms with Crippen LogP contribution in [0.4, 0.5) is 0 Å². The van der Waals surface area contributed by atoms with Crippen LogP contribution < -0.4 is 0 Å². The van der Waals surface area contributed by atoms with E-state index < -0.39 is 0 Å². The predicted molar refractivity (Wildman–Crippen MR) is 65.4 cm³/mol. The molecular weight excluding hydrogens is 268 g/mol. The highest BCUT2D eigenvalue weighted by Crippen LogP contribution is 2.12. The molecule has 0 aliphatic carbocycles. The Hall–Kier alpha value is -1.42. The van der Waals surface area contributed by atoms with Crippen molar-refractivity contribution in [3.05, 3.63) is 52.3 Å². The largest absolute Gasteiger partial charge is 0.292 e. The van der Waals surface area contributed by atoms with Crippen molar-refractivity contribution < 1.29 is 4.79 Å². The summed E-state index contributed by atoms with van der Waals surface area (Å²) >= 11 is 3.35. The van der Waals surface area contributed by atoms with Crippen molar-refractivity contribution in [1.29, 1.82) is 0 Å². The second-order valence-corrected chi connectivity index (χ2v) is 4.48. The minimum Gasteiger partial charge on any atom is -0.292 e. The second-order valence-electron chi connectivity index (χ2n) is 3.56. The average Bonchev–Trinajstić information content (AvgIpc) is 2.64. The highest BCUT2D eigenvalue weighted by atomic mass is 79.9. The molecule has 0 aliphatic rings. The summed E-state index contributed by atoms with van der Waals surface area (Å²) in [5, 5.41) is 4.09. The fourth-order valence-corrected chi connectivity index (χ4v) is 1.85. The van der Waals surface area contributed by atoms with E-state index in [2.05, 4.69) is 21.0 Å². The van der Waals surface area contributed by atoms with E-state index in [0.717, 1.165) is 10.2 Å². The molecule has 3 nitrogen and oxygen atoms in total. The summed E-state index contributed by atoms with van der Waals surface area (Å²) in [6.07, 6.45) is 1.70. The molecule has 0 saturated carbocycles. The molecule has 0 amide bonds. The summed E-state index contributed by atoms with van der Waals surface area (Å²) in [5.41, 5.74) is 1.69. The number of aryl methyl sites for hydroxylation is 1. The van der Waals surface area contributed by atoms with E-state index >= 15 is 0 Å². The molecule has 0 fully saturated rings. The number of nitrogens with zero attached hydrogens (tertiary/aromatic N) is 2. The number of hydrogen-bond acceptors (Lipinski definition) is 2. The zero-order valence-corrected chi connectivity index (χ0v) is 10.4. The molecule has 1 aromatic heterocycles. The average molecular weight is 279 g/mol. The van der Waals surface area contributed by atoms with Crippen LogP contribution in [0.3, 0.4) is 0 Å². The Morgan fingerprint density at radius 1 is 1.44 bits per heavy atom. The number of rotatable bonds is 3. The maximum Gasteiger partial charge on any atom is 0.184 e. The van der Waals surface area contributed by atoms with Crippen LogP contribution in [0, 0.1) is 6.92 Å². The maximum atomic E-state index is 11.9. The lowest BCUT2D eigenvalue weighted by atomic mass is 10.1. The van der Waals surface area contributed by atoms with Gasteiger partial charge in [0.2, 0.25) is 0 Å². The summed E-state index contributed by atoms with van der Waals surface area (Å²) < 4.78 is 2.61. The number of aromatic nitrogens is 2. The first-order chi connectivity index (χ1) is 7.66. The van der Waals surface area contributed by atoms with E-state index in [-0.39, 0.29) is 12.3 Å². The van der Waals surface area contributed by atoms with Gasteiger partial charge in [0.1, 0.15) is 6.54 Å². The van der Waals surface area contributed by atoms with Crippen LogP contribution in [0.2, 0.25) is 0 Å². The third-order valence-electron chi connectivity index (χ3n) is 2.37. The van der Waals surface area contributed by atoms with Crippen LogP contribution in [0.1, 0.15) is 16.1 Å². The zero-order valence-electron chi connectivity index (χ0n) is 8.85. The van der Waals surface area contributed by atoms with Gasteiger partial charge in [-0.15, -0.1) is 0 Å². The van der Waals surface area contributed by atoms with Gasteiger partial charge in [0.15, 0.2) is 5.78 Å². The normalized spacial score (nSPS) is 10.4. The fourth-order valence-electron chi connectivity index (χ4n) is 1.45. The lowest BCUT2D eigenvalue weighted by Crippen LogP contribution is -2.12. The van der Waals surface area contributed by atoms with Crippen LogP contribution in [-0.4, -0.2) is 15.6 Å². The minimum absolute atomic E-state index is 0.0631. The fraction of sp³-hybridized carbons (Fsp3) is 0.167. The highest BCUT2D eigenvalue weighted by molar-refractivity contribution is 9.10. The smallest absolute Gasteiger partial charge is 0.184 e. The first-order valence-electron chi connectivity index (χ1n) is 4.94. The van der Waals surface area contributed by atoms with Crippen molar-refractivity contribution in [2.24, 2.45) is 0 Å². The quantitative estimate of drug-likeness (QED) is 0.810. The van der Waals surface area contributed by atoms with E-state index in [1.165, 1.54) is 0 Å². The molecular formula is C12H11BrN2O. The van der Waals surface area contributed by atoms with Gasteiger partial charge in [0.25, 0.3) is 0 Å². The molecule has 2 rings (SSSR count). The van der Waals surface area contributed by atoms with Gasteiger partial charge in [-0.05, 0) is 25.1 Å². The van der Waals surface area contributed by atoms with Gasteiger partial charge in [-0.1, -0.05) is 28.1 Å². The number of hydrogen-bond donors (Lipinski definition) is 0. The Morgan fingerprint density at radius 3 is 2.88 bits per heavy atom. The van der Waals surface area contributed by atoms with E-state index in [1.54, 1.807) is 10.9 Å². The number of ketones is 1. The zero-order chi connectivity index (χ0) is 11.5. The van der Waals surface area contributed by atoms with Gasteiger partial charge in [-0.2, -0.15) is 5.10 Å². The summed E-state index contributed by atoms with van der Waals surface area (Å²) in [7, 11) is 0. The van der Waals surface area contributed by atoms with Crippen LogP contribution in [0.5, 0.6) is 0 Å². The molecule has 1 heterocycles. The van der Waals surface area contributed by atoms with Gasteiger partial charge in [0, 0.05) is 21.9 Å². The molecule has 82 valence electrons. The summed E-state index contributed by atoms with van der Waals surface area (Å²) in [5.74, 6) is 0.0631. The molecule has 0 unspecified atom stereocenters. The molecule has 4 heteroatoms. The molecule has 0 aliphatic heterocycles. The monoisotopic (exact) mass is 278 g/mol. The van der Waals surface area contributed by atoms with Crippen molar-refractivity contribution in [1.82, 2.24) is 9.78 Å². The SMILES string of the molecule is Cc1ccnn1CC(=O)c1cccc(Br)c1. The van der Waals surface area contributed by atoms with Crippen molar-refractivity contribution in [2.45, 2.75) is 13.5 Å². The first kappa shape index (κ1) is 11.1. The van der Waals surface area contributed by atoms with Crippen molar-refractivity contribution >= 4 is 21.7 Å². The van der Waals surface area contributed by atoms with Gasteiger partial charge in [-0.25, -0.2) is 0 Å². The van der Waals surface area contributed by atoms with Crippen LogP contribution in [-0.2, 0) is 6.54 Å². The molecule has 0 saturated heterocycles. The Kier molecular flexibility index (Phi) is 3.19. The van der Waals surface area contributed by atoms with Crippen LogP contribution in [0.15, 0.2) is 41.0 Å². The van der Waals surface area contributed by atoms with Gasteiger partial charge in [-0.3, -0.25) is 9.48 Å². The van der Waals surface area contributed by atoms with E-state index in [0.29, 0.717) is 5.56 Å². The van der Waals surface area contributed by atoms with Gasteiger partial charge in [0.05, 0.1) is 0 Å². The number of halogens is 1. The minimum atomic E-state index is 0.0631. The van der Waals surface area contributed by atoms with E-state index in [4.69, 9.17) is 0 Å². The second kappa shape index (κ2) is 4.61. The van der Waals surface area contributed by atoms with Crippen LogP contribution >= 0.6 is 15.9 Å². The number of carbonyl (C=O) groups excluding carboxylic acids is 1. The Bertz CT molecular complexity index is 519. The molecule has 0 bridgehead atoms. The highest BCUT2D eigenvalue weighted by Gasteiger charge is 2.08. The van der Waals surface area contributed by atoms with E-state index in [1.807, 2.05) is 37.3 Å². The van der Waals surface area contributed by atoms with Crippen molar-refractivity contribution in [3.63, 3.8) is 0 Å². The molecule has 0 atom stereocenters.